The van der Waals surface area contributed by atoms with Gasteiger partial charge in [-0.15, -0.1) is 6.58 Å². The molecule has 0 atom stereocenters. The van der Waals surface area contributed by atoms with Crippen molar-refractivity contribution in [2.75, 3.05) is 19.8 Å². The predicted octanol–water partition coefficient (Wildman–Crippen LogP) is 3.14. The summed E-state index contributed by atoms with van der Waals surface area (Å²) in [6.45, 7) is 13.1. The predicted molar refractivity (Wildman–Crippen MR) is 67.2 cm³/mol. The Morgan fingerprint density at radius 2 is 1.93 bits per heavy atom. The molecule has 90 valence electrons. The van der Waals surface area contributed by atoms with Crippen molar-refractivity contribution in [3.8, 4) is 0 Å². The minimum Gasteiger partial charge on any atom is -0.381 e. The lowest BCUT2D eigenvalue weighted by Gasteiger charge is -2.07. The highest BCUT2D eigenvalue weighted by atomic mass is 16.5. The number of rotatable bonds is 10. The molecule has 0 rings (SSSR count). The summed E-state index contributed by atoms with van der Waals surface area (Å²) < 4.78 is 5.49. The van der Waals surface area contributed by atoms with Crippen LogP contribution in [0.3, 0.4) is 0 Å². The highest BCUT2D eigenvalue weighted by Gasteiger charge is 1.93. The van der Waals surface area contributed by atoms with Gasteiger partial charge in [-0.3, -0.25) is 0 Å². The maximum Gasteiger partial charge on any atom is 0.0502 e. The molecule has 0 saturated carbocycles. The van der Waals surface area contributed by atoms with Gasteiger partial charge in [-0.2, -0.15) is 0 Å². The van der Waals surface area contributed by atoms with E-state index in [-0.39, 0.29) is 0 Å². The monoisotopic (exact) mass is 213 g/mol. The van der Waals surface area contributed by atoms with Gasteiger partial charge < -0.3 is 10.1 Å². The fourth-order valence-electron chi connectivity index (χ4n) is 1.25. The van der Waals surface area contributed by atoms with Crippen molar-refractivity contribution < 1.29 is 4.74 Å². The van der Waals surface area contributed by atoms with Crippen LogP contribution in [0.1, 0.15) is 46.5 Å². The maximum absolute atomic E-state index is 5.49. The summed E-state index contributed by atoms with van der Waals surface area (Å²) in [5.41, 5.74) is 1.20. The van der Waals surface area contributed by atoms with E-state index >= 15 is 0 Å². The third kappa shape index (κ3) is 13.7. The number of hydrogen-bond donors (Lipinski definition) is 1. The normalized spacial score (nSPS) is 10.9. The quantitative estimate of drug-likeness (QED) is 0.444. The average Bonchev–Trinajstić information content (AvgIpc) is 2.14. The summed E-state index contributed by atoms with van der Waals surface area (Å²) in [6, 6.07) is 0.608. The summed E-state index contributed by atoms with van der Waals surface area (Å²) in [6.07, 6.45) is 4.68. The maximum atomic E-state index is 5.49. The average molecular weight is 213 g/mol. The Morgan fingerprint density at radius 1 is 1.20 bits per heavy atom. The zero-order valence-corrected chi connectivity index (χ0v) is 10.6. The Bertz CT molecular complexity index is 155. The molecule has 0 aromatic heterocycles. The zero-order valence-electron chi connectivity index (χ0n) is 10.6. The van der Waals surface area contributed by atoms with E-state index in [4.69, 9.17) is 4.74 Å². The molecule has 1 N–H and O–H groups in total. The second-order valence-corrected chi connectivity index (χ2v) is 4.49. The highest BCUT2D eigenvalue weighted by molar-refractivity contribution is 4.86. The number of hydrogen-bond acceptors (Lipinski definition) is 2. The molecule has 0 aromatic rings. The van der Waals surface area contributed by atoms with Crippen molar-refractivity contribution in [2.24, 2.45) is 0 Å². The molecule has 0 aliphatic carbocycles. The third-order valence-electron chi connectivity index (χ3n) is 2.19. The Balaban J connectivity index is 2.96. The van der Waals surface area contributed by atoms with E-state index in [0.717, 1.165) is 26.2 Å². The highest BCUT2D eigenvalue weighted by Crippen LogP contribution is 1.98. The molecule has 2 nitrogen and oxygen atoms in total. The van der Waals surface area contributed by atoms with Crippen LogP contribution in [0.25, 0.3) is 0 Å². The summed E-state index contributed by atoms with van der Waals surface area (Å²) in [7, 11) is 0. The van der Waals surface area contributed by atoms with Gasteiger partial charge in [-0.25, -0.2) is 0 Å². The number of unbranched alkanes of at least 4 members (excludes halogenated alkanes) is 2. The van der Waals surface area contributed by atoms with Crippen molar-refractivity contribution in [1.82, 2.24) is 5.32 Å². The fourth-order valence-corrected chi connectivity index (χ4v) is 1.25. The van der Waals surface area contributed by atoms with Crippen LogP contribution in [0.15, 0.2) is 12.2 Å². The molecule has 15 heavy (non-hydrogen) atoms. The van der Waals surface area contributed by atoms with Gasteiger partial charge in [0.2, 0.25) is 0 Å². The molecule has 0 heterocycles. The largest absolute Gasteiger partial charge is 0.381 e. The van der Waals surface area contributed by atoms with Gasteiger partial charge in [0.1, 0.15) is 0 Å². The van der Waals surface area contributed by atoms with Gasteiger partial charge >= 0.3 is 0 Å². The Hall–Kier alpha value is -0.340. The van der Waals surface area contributed by atoms with E-state index in [1.807, 2.05) is 6.92 Å². The van der Waals surface area contributed by atoms with Gasteiger partial charge in [0.05, 0.1) is 6.61 Å². The Kier molecular flexibility index (Phi) is 9.96. The Labute approximate surface area is 95.1 Å². The van der Waals surface area contributed by atoms with E-state index in [2.05, 4.69) is 25.7 Å². The molecule has 0 unspecified atom stereocenters. The second-order valence-electron chi connectivity index (χ2n) is 4.49. The molecule has 0 bridgehead atoms. The molecule has 0 saturated heterocycles. The second kappa shape index (κ2) is 10.2. The summed E-state index contributed by atoms with van der Waals surface area (Å²) >= 11 is 0. The zero-order chi connectivity index (χ0) is 11.5. The van der Waals surface area contributed by atoms with E-state index in [0.29, 0.717) is 6.04 Å². The van der Waals surface area contributed by atoms with Crippen LogP contribution in [0.4, 0.5) is 0 Å². The molecule has 0 aliphatic heterocycles. The van der Waals surface area contributed by atoms with Gasteiger partial charge in [-0.05, 0) is 39.2 Å². The molecule has 0 aliphatic rings. The van der Waals surface area contributed by atoms with E-state index in [1.165, 1.54) is 24.8 Å². The van der Waals surface area contributed by atoms with Crippen LogP contribution in [0.2, 0.25) is 0 Å². The van der Waals surface area contributed by atoms with Gasteiger partial charge in [0, 0.05) is 12.6 Å². The van der Waals surface area contributed by atoms with Crippen molar-refractivity contribution in [1.29, 1.82) is 0 Å². The van der Waals surface area contributed by atoms with Crippen LogP contribution in [0.5, 0.6) is 0 Å². The molecule has 0 amide bonds. The minimum absolute atomic E-state index is 0.608. The van der Waals surface area contributed by atoms with Crippen molar-refractivity contribution in [2.45, 2.75) is 52.5 Å². The molecular formula is C13H27NO. The summed E-state index contributed by atoms with van der Waals surface area (Å²) in [4.78, 5) is 0. The topological polar surface area (TPSA) is 21.3 Å². The molecule has 0 spiro atoms. The number of nitrogens with one attached hydrogen (secondary N) is 1. The van der Waals surface area contributed by atoms with Gasteiger partial charge in [-0.1, -0.05) is 19.4 Å². The van der Waals surface area contributed by atoms with Crippen LogP contribution < -0.4 is 5.32 Å². The van der Waals surface area contributed by atoms with Crippen LogP contribution >= 0.6 is 0 Å². The minimum atomic E-state index is 0.608. The Morgan fingerprint density at radius 3 is 2.53 bits per heavy atom. The van der Waals surface area contributed by atoms with Crippen molar-refractivity contribution in [3.05, 3.63) is 12.2 Å². The summed E-state index contributed by atoms with van der Waals surface area (Å²) in [5.74, 6) is 0. The lowest BCUT2D eigenvalue weighted by atomic mass is 10.2. The molecule has 0 radical (unpaired) electrons. The molecule has 0 aromatic carbocycles. The van der Waals surface area contributed by atoms with Crippen molar-refractivity contribution in [3.63, 3.8) is 0 Å². The fraction of sp³-hybridized carbons (Fsp3) is 0.846. The molecule has 2 heteroatoms. The lowest BCUT2D eigenvalue weighted by molar-refractivity contribution is 0.133. The van der Waals surface area contributed by atoms with E-state index < -0.39 is 0 Å². The number of ether oxygens (including phenoxy) is 1. The smallest absolute Gasteiger partial charge is 0.0502 e. The van der Waals surface area contributed by atoms with E-state index in [9.17, 15) is 0 Å². The van der Waals surface area contributed by atoms with Gasteiger partial charge in [0.15, 0.2) is 0 Å². The van der Waals surface area contributed by atoms with Crippen molar-refractivity contribution >= 4 is 0 Å². The molecule has 0 fully saturated rings. The third-order valence-corrected chi connectivity index (χ3v) is 2.19. The van der Waals surface area contributed by atoms with E-state index in [1.54, 1.807) is 0 Å². The molecular weight excluding hydrogens is 186 g/mol. The standard InChI is InChI=1S/C13H27NO/c1-12(2)8-11-15-10-7-5-6-9-14-13(3)4/h13-14H,1,5-11H2,2-4H3. The van der Waals surface area contributed by atoms with Crippen LogP contribution in [-0.2, 0) is 4.74 Å². The first-order valence-corrected chi connectivity index (χ1v) is 6.08. The first-order valence-electron chi connectivity index (χ1n) is 6.08. The first kappa shape index (κ1) is 14.7. The van der Waals surface area contributed by atoms with Gasteiger partial charge in [0.25, 0.3) is 0 Å². The summed E-state index contributed by atoms with van der Waals surface area (Å²) in [5, 5.41) is 3.41. The SMILES string of the molecule is C=C(C)CCOCCCCCNC(C)C. The lowest BCUT2D eigenvalue weighted by Crippen LogP contribution is -2.23. The van der Waals surface area contributed by atoms with Crippen LogP contribution in [0, 0.1) is 0 Å². The van der Waals surface area contributed by atoms with Crippen LogP contribution in [-0.4, -0.2) is 25.8 Å². The first-order chi connectivity index (χ1) is 7.13.